The Morgan fingerprint density at radius 2 is 2.00 bits per heavy atom. The maximum atomic E-state index is 9.25. The zero-order valence-electron chi connectivity index (χ0n) is 11.6. The molecule has 0 aliphatic carbocycles. The molecule has 4 heteroatoms. The molecular formula is C14H23ClN2O. The molecular weight excluding hydrogens is 248 g/mol. The molecule has 102 valence electrons. The standard InChI is InChI=1S/C14H23ClN2O/c1-10(2)16-8-12-5-6-13(15)7-14(12)17(4)11(3)9-18/h5-7,10-11,16,18H,8-9H2,1-4H3. The molecule has 18 heavy (non-hydrogen) atoms. The van der Waals surface area contributed by atoms with Crippen LogP contribution in [-0.4, -0.2) is 30.8 Å². The van der Waals surface area contributed by atoms with Crippen LogP contribution in [0.5, 0.6) is 0 Å². The fourth-order valence-corrected chi connectivity index (χ4v) is 1.86. The molecule has 0 radical (unpaired) electrons. The average Bonchev–Trinajstić information content (AvgIpc) is 2.35. The van der Waals surface area contributed by atoms with Gasteiger partial charge < -0.3 is 15.3 Å². The number of aliphatic hydroxyl groups excluding tert-OH is 1. The summed E-state index contributed by atoms with van der Waals surface area (Å²) >= 11 is 6.06. The largest absolute Gasteiger partial charge is 0.394 e. The van der Waals surface area contributed by atoms with Crippen LogP contribution in [0.2, 0.25) is 5.02 Å². The van der Waals surface area contributed by atoms with E-state index in [0.29, 0.717) is 6.04 Å². The summed E-state index contributed by atoms with van der Waals surface area (Å²) in [5.41, 5.74) is 2.26. The minimum Gasteiger partial charge on any atom is -0.394 e. The van der Waals surface area contributed by atoms with Crippen molar-refractivity contribution in [1.29, 1.82) is 0 Å². The van der Waals surface area contributed by atoms with Crippen molar-refractivity contribution in [1.82, 2.24) is 5.32 Å². The van der Waals surface area contributed by atoms with Crippen molar-refractivity contribution in [3.8, 4) is 0 Å². The summed E-state index contributed by atoms with van der Waals surface area (Å²) in [6.45, 7) is 7.15. The number of likely N-dealkylation sites (N-methyl/N-ethyl adjacent to an activating group) is 1. The molecule has 0 spiro atoms. The first-order chi connectivity index (χ1) is 8.45. The predicted octanol–water partition coefficient (Wildman–Crippen LogP) is 2.66. The van der Waals surface area contributed by atoms with Gasteiger partial charge in [0.25, 0.3) is 0 Å². The first kappa shape index (κ1) is 15.3. The van der Waals surface area contributed by atoms with Gasteiger partial charge in [-0.05, 0) is 24.6 Å². The van der Waals surface area contributed by atoms with Crippen molar-refractivity contribution >= 4 is 17.3 Å². The third-order valence-electron chi connectivity index (χ3n) is 3.05. The molecule has 0 aromatic heterocycles. The highest BCUT2D eigenvalue weighted by atomic mass is 35.5. The minimum atomic E-state index is 0.0706. The van der Waals surface area contributed by atoms with Crippen LogP contribution in [0.25, 0.3) is 0 Å². The number of hydrogen-bond acceptors (Lipinski definition) is 3. The van der Waals surface area contributed by atoms with E-state index >= 15 is 0 Å². The molecule has 0 aliphatic rings. The van der Waals surface area contributed by atoms with E-state index in [2.05, 4.69) is 24.1 Å². The normalized spacial score (nSPS) is 12.8. The molecule has 0 amide bonds. The van der Waals surface area contributed by atoms with Crippen LogP contribution in [0.1, 0.15) is 26.3 Å². The van der Waals surface area contributed by atoms with Crippen molar-refractivity contribution in [2.75, 3.05) is 18.6 Å². The van der Waals surface area contributed by atoms with Crippen molar-refractivity contribution in [2.45, 2.75) is 39.4 Å². The van der Waals surface area contributed by atoms with Crippen LogP contribution in [0, 0.1) is 0 Å². The Labute approximate surface area is 115 Å². The lowest BCUT2D eigenvalue weighted by molar-refractivity contribution is 0.270. The smallest absolute Gasteiger partial charge is 0.0632 e. The van der Waals surface area contributed by atoms with E-state index in [1.54, 1.807) is 0 Å². The molecule has 0 fully saturated rings. The van der Waals surface area contributed by atoms with Gasteiger partial charge in [0.05, 0.1) is 6.61 Å². The number of nitrogens with one attached hydrogen (secondary N) is 1. The number of hydrogen-bond donors (Lipinski definition) is 2. The van der Waals surface area contributed by atoms with Crippen LogP contribution < -0.4 is 10.2 Å². The first-order valence-corrected chi connectivity index (χ1v) is 6.69. The SMILES string of the molecule is CC(C)NCc1ccc(Cl)cc1N(C)C(C)CO. The van der Waals surface area contributed by atoms with Gasteiger partial charge in [0.15, 0.2) is 0 Å². The molecule has 0 saturated carbocycles. The number of nitrogens with zero attached hydrogens (tertiary/aromatic N) is 1. The Hall–Kier alpha value is -0.770. The molecule has 3 nitrogen and oxygen atoms in total. The summed E-state index contributed by atoms with van der Waals surface area (Å²) < 4.78 is 0. The molecule has 1 unspecified atom stereocenters. The van der Waals surface area contributed by atoms with Crippen molar-refractivity contribution < 1.29 is 5.11 Å². The zero-order valence-corrected chi connectivity index (χ0v) is 12.3. The van der Waals surface area contributed by atoms with E-state index in [9.17, 15) is 5.11 Å². The summed E-state index contributed by atoms with van der Waals surface area (Å²) in [6, 6.07) is 6.40. The summed E-state index contributed by atoms with van der Waals surface area (Å²) in [6.07, 6.45) is 0. The van der Waals surface area contributed by atoms with Crippen molar-refractivity contribution in [3.05, 3.63) is 28.8 Å². The van der Waals surface area contributed by atoms with Gasteiger partial charge in [0.2, 0.25) is 0 Å². The maximum absolute atomic E-state index is 9.25. The van der Waals surface area contributed by atoms with Crippen LogP contribution >= 0.6 is 11.6 Å². The van der Waals surface area contributed by atoms with Gasteiger partial charge in [-0.1, -0.05) is 31.5 Å². The molecule has 0 heterocycles. The zero-order chi connectivity index (χ0) is 13.7. The molecule has 1 aromatic carbocycles. The number of rotatable bonds is 6. The molecule has 2 N–H and O–H groups in total. The van der Waals surface area contributed by atoms with E-state index in [1.807, 2.05) is 32.2 Å². The Kier molecular flexibility index (Phi) is 5.93. The second kappa shape index (κ2) is 6.98. The Morgan fingerprint density at radius 3 is 2.56 bits per heavy atom. The first-order valence-electron chi connectivity index (χ1n) is 6.31. The third kappa shape index (κ3) is 4.16. The summed E-state index contributed by atoms with van der Waals surface area (Å²) in [4.78, 5) is 2.06. The van der Waals surface area contributed by atoms with Gasteiger partial charge in [-0.25, -0.2) is 0 Å². The van der Waals surface area contributed by atoms with Gasteiger partial charge in [0.1, 0.15) is 0 Å². The van der Waals surface area contributed by atoms with Crippen LogP contribution in [0.15, 0.2) is 18.2 Å². The molecule has 1 atom stereocenters. The molecule has 1 rings (SSSR count). The van der Waals surface area contributed by atoms with Crippen molar-refractivity contribution in [2.24, 2.45) is 0 Å². The molecule has 0 aliphatic heterocycles. The summed E-state index contributed by atoms with van der Waals surface area (Å²) in [5, 5.41) is 13.4. The number of anilines is 1. The van der Waals surface area contributed by atoms with Crippen molar-refractivity contribution in [3.63, 3.8) is 0 Å². The highest BCUT2D eigenvalue weighted by Gasteiger charge is 2.13. The van der Waals surface area contributed by atoms with E-state index in [4.69, 9.17) is 11.6 Å². The van der Waals surface area contributed by atoms with Gasteiger partial charge in [-0.3, -0.25) is 0 Å². The molecule has 1 aromatic rings. The van der Waals surface area contributed by atoms with Gasteiger partial charge in [-0.15, -0.1) is 0 Å². The van der Waals surface area contributed by atoms with Crippen LogP contribution in [-0.2, 0) is 6.54 Å². The lowest BCUT2D eigenvalue weighted by atomic mass is 10.1. The highest BCUT2D eigenvalue weighted by Crippen LogP contribution is 2.25. The van der Waals surface area contributed by atoms with Crippen LogP contribution in [0.4, 0.5) is 5.69 Å². The lowest BCUT2D eigenvalue weighted by Crippen LogP contribution is -2.33. The second-order valence-corrected chi connectivity index (χ2v) is 5.39. The van der Waals surface area contributed by atoms with E-state index < -0.39 is 0 Å². The van der Waals surface area contributed by atoms with Gasteiger partial charge >= 0.3 is 0 Å². The highest BCUT2D eigenvalue weighted by molar-refractivity contribution is 6.30. The Morgan fingerprint density at radius 1 is 1.33 bits per heavy atom. The van der Waals surface area contributed by atoms with Gasteiger partial charge in [-0.2, -0.15) is 0 Å². The number of halogens is 1. The van der Waals surface area contributed by atoms with E-state index in [0.717, 1.165) is 17.3 Å². The monoisotopic (exact) mass is 270 g/mol. The Balaban J connectivity index is 2.95. The fraction of sp³-hybridized carbons (Fsp3) is 0.571. The quantitative estimate of drug-likeness (QED) is 0.834. The topological polar surface area (TPSA) is 35.5 Å². The average molecular weight is 271 g/mol. The van der Waals surface area contributed by atoms with Crippen LogP contribution in [0.3, 0.4) is 0 Å². The fourth-order valence-electron chi connectivity index (χ4n) is 1.69. The van der Waals surface area contributed by atoms with E-state index in [1.165, 1.54) is 5.56 Å². The van der Waals surface area contributed by atoms with E-state index in [-0.39, 0.29) is 12.6 Å². The molecule has 0 saturated heterocycles. The predicted molar refractivity (Wildman–Crippen MR) is 78.4 cm³/mol. The summed E-state index contributed by atoms with van der Waals surface area (Å²) in [5.74, 6) is 0. The molecule has 0 bridgehead atoms. The Bertz CT molecular complexity index is 382. The summed E-state index contributed by atoms with van der Waals surface area (Å²) in [7, 11) is 1.98. The maximum Gasteiger partial charge on any atom is 0.0632 e. The minimum absolute atomic E-state index is 0.0706. The second-order valence-electron chi connectivity index (χ2n) is 4.95. The number of benzene rings is 1. The third-order valence-corrected chi connectivity index (χ3v) is 3.29. The lowest BCUT2D eigenvalue weighted by Gasteiger charge is -2.28. The number of aliphatic hydroxyl groups is 1. The van der Waals surface area contributed by atoms with Gasteiger partial charge in [0, 0.05) is 36.4 Å².